The Morgan fingerprint density at radius 1 is 0.537 bits per heavy atom. The zero-order valence-electron chi connectivity index (χ0n) is 32.7. The van der Waals surface area contributed by atoms with Gasteiger partial charge in [0, 0.05) is 25.7 Å². The van der Waals surface area contributed by atoms with E-state index in [2.05, 4.69) is 6.92 Å². The highest BCUT2D eigenvalue weighted by Crippen LogP contribution is 2.32. The zero-order chi connectivity index (χ0) is 40.5. The Morgan fingerprint density at radius 3 is 1.46 bits per heavy atom. The molecule has 10 atom stereocenters. The lowest BCUT2D eigenvalue weighted by molar-refractivity contribution is -0.349. The predicted molar refractivity (Wildman–Crippen MR) is 193 cm³/mol. The summed E-state index contributed by atoms with van der Waals surface area (Å²) in [5.41, 5.74) is 0. The van der Waals surface area contributed by atoms with Gasteiger partial charge in [-0.3, -0.25) is 19.2 Å². The maximum Gasteiger partial charge on any atom is 0.306 e. The topological polar surface area (TPSA) is 245 Å². The second kappa shape index (κ2) is 28.9. The highest BCUT2D eigenvalue weighted by Gasteiger charge is 2.54. The number of aliphatic hydroxyl groups excluding tert-OH is 6. The number of ether oxygens (including phenoxy) is 6. The van der Waals surface area contributed by atoms with Crippen LogP contribution in [0.1, 0.15) is 143 Å². The van der Waals surface area contributed by atoms with Crippen molar-refractivity contribution in [2.75, 3.05) is 13.2 Å². The van der Waals surface area contributed by atoms with Gasteiger partial charge in [-0.2, -0.15) is 0 Å². The summed E-state index contributed by atoms with van der Waals surface area (Å²) in [7, 11) is 0. The van der Waals surface area contributed by atoms with Crippen molar-refractivity contribution in [2.24, 2.45) is 0 Å². The van der Waals surface area contributed by atoms with Crippen molar-refractivity contribution in [1.29, 1.82) is 0 Å². The lowest BCUT2D eigenvalue weighted by Crippen LogP contribution is -2.64. The number of hydrogen-bond donors (Lipinski definition) is 6. The monoisotopic (exact) mass is 780 g/mol. The van der Waals surface area contributed by atoms with E-state index in [1.54, 1.807) is 0 Å². The minimum Gasteiger partial charge on any atom is -0.463 e. The van der Waals surface area contributed by atoms with Gasteiger partial charge in [-0.15, -0.1) is 0 Å². The molecule has 1 aliphatic rings. The molecule has 16 heteroatoms. The van der Waals surface area contributed by atoms with Gasteiger partial charge in [-0.1, -0.05) is 91.9 Å². The molecule has 0 saturated carbocycles. The van der Waals surface area contributed by atoms with Gasteiger partial charge < -0.3 is 59.1 Å². The first kappa shape index (κ1) is 49.6. The molecule has 0 aromatic carbocycles. The number of carbonyl (C=O) groups excluding carboxylic acids is 4. The van der Waals surface area contributed by atoms with Gasteiger partial charge in [0.25, 0.3) is 0 Å². The summed E-state index contributed by atoms with van der Waals surface area (Å²) in [5, 5.41) is 61.1. The quantitative estimate of drug-likeness (QED) is 0.0266. The molecule has 1 aliphatic heterocycles. The third kappa shape index (κ3) is 18.9. The molecule has 1 rings (SSSR count). The van der Waals surface area contributed by atoms with Crippen LogP contribution in [0.4, 0.5) is 0 Å². The summed E-state index contributed by atoms with van der Waals surface area (Å²) < 4.78 is 34.7. The van der Waals surface area contributed by atoms with E-state index in [1.165, 1.54) is 0 Å². The highest BCUT2D eigenvalue weighted by atomic mass is 16.8. The van der Waals surface area contributed by atoms with Crippen molar-refractivity contribution in [3.63, 3.8) is 0 Å². The van der Waals surface area contributed by atoms with Gasteiger partial charge >= 0.3 is 23.9 Å². The lowest BCUT2D eigenvalue weighted by atomic mass is 9.97. The molecule has 1 saturated heterocycles. The van der Waals surface area contributed by atoms with E-state index in [0.29, 0.717) is 32.1 Å². The van der Waals surface area contributed by atoms with E-state index in [9.17, 15) is 49.8 Å². The third-order valence-corrected chi connectivity index (χ3v) is 9.09. The van der Waals surface area contributed by atoms with Crippen LogP contribution in [0.5, 0.6) is 0 Å². The van der Waals surface area contributed by atoms with Gasteiger partial charge in [-0.05, 0) is 25.7 Å². The molecule has 0 amide bonds. The van der Waals surface area contributed by atoms with Gasteiger partial charge in [-0.25, -0.2) is 0 Å². The predicted octanol–water partition coefficient (Wildman–Crippen LogP) is 2.86. The molecular formula is C38H68O16. The van der Waals surface area contributed by atoms with Gasteiger partial charge in [0.15, 0.2) is 24.6 Å². The van der Waals surface area contributed by atoms with Crippen LogP contribution in [0, 0.1) is 0 Å². The maximum atomic E-state index is 13.3. The first-order chi connectivity index (χ1) is 25.8. The zero-order valence-corrected chi connectivity index (χ0v) is 32.7. The van der Waals surface area contributed by atoms with Crippen LogP contribution in [-0.4, -0.2) is 129 Å². The first-order valence-electron chi connectivity index (χ1n) is 19.9. The summed E-state index contributed by atoms with van der Waals surface area (Å²) in [5.74, 6) is -2.75. The number of hydrogen-bond acceptors (Lipinski definition) is 16. The van der Waals surface area contributed by atoms with Gasteiger partial charge in [0.05, 0.1) is 6.61 Å². The smallest absolute Gasteiger partial charge is 0.306 e. The second-order valence-electron chi connectivity index (χ2n) is 13.9. The van der Waals surface area contributed by atoms with Crippen LogP contribution < -0.4 is 0 Å². The molecule has 0 bridgehead atoms. The van der Waals surface area contributed by atoms with Crippen LogP contribution in [-0.2, 0) is 47.6 Å². The Kier molecular flexibility index (Phi) is 26.5. The molecule has 0 aromatic rings. The first-order valence-corrected chi connectivity index (χ1v) is 19.9. The Balaban J connectivity index is 3.64. The van der Waals surface area contributed by atoms with E-state index in [-0.39, 0.29) is 25.7 Å². The SMILES string of the molecule is CCCCCCCC(=O)O[C@@H]1[C@H](OC(O)[C@H](O)[C@@H](O)[C@@H](O)[C@H](O)CO)O[C@H](COC(=O)CCCCC)[C@@H](OC(=O)CCCCC)[C@@H]1OC(=O)CCCCC. The average Bonchev–Trinajstić information content (AvgIpc) is 3.15. The van der Waals surface area contributed by atoms with Crippen LogP contribution in [0.3, 0.4) is 0 Å². The lowest BCUT2D eigenvalue weighted by Gasteiger charge is -2.45. The van der Waals surface area contributed by atoms with Gasteiger partial charge in [0.1, 0.15) is 37.1 Å². The summed E-state index contributed by atoms with van der Waals surface area (Å²) >= 11 is 0. The Hall–Kier alpha value is -2.44. The summed E-state index contributed by atoms with van der Waals surface area (Å²) in [6.45, 7) is 6.41. The molecule has 0 aromatic heterocycles. The minimum atomic E-state index is -2.40. The molecule has 6 N–H and O–H groups in total. The van der Waals surface area contributed by atoms with Crippen molar-refractivity contribution < 1.29 is 78.2 Å². The van der Waals surface area contributed by atoms with Crippen molar-refractivity contribution in [2.45, 2.75) is 205 Å². The van der Waals surface area contributed by atoms with E-state index in [1.807, 2.05) is 20.8 Å². The van der Waals surface area contributed by atoms with Crippen molar-refractivity contribution in [1.82, 2.24) is 0 Å². The maximum absolute atomic E-state index is 13.3. The van der Waals surface area contributed by atoms with Crippen LogP contribution >= 0.6 is 0 Å². The molecule has 1 unspecified atom stereocenters. The molecule has 16 nitrogen and oxygen atoms in total. The summed E-state index contributed by atoms with van der Waals surface area (Å²) in [6, 6.07) is 0. The highest BCUT2D eigenvalue weighted by molar-refractivity contribution is 5.72. The Labute approximate surface area is 319 Å². The number of rotatable bonds is 30. The largest absolute Gasteiger partial charge is 0.463 e. The number of unbranched alkanes of at least 4 members (excludes halogenated alkanes) is 10. The molecular weight excluding hydrogens is 712 g/mol. The van der Waals surface area contributed by atoms with E-state index < -0.39 is 98.5 Å². The standard InChI is InChI=1S/C38H68O16/c1-5-9-13-14-18-22-30(44)53-36-35(52-29(43)21-17-12-8-4)34(51-28(42)20-16-11-7-3)26(24-49-27(41)19-15-10-6-2)50-38(36)54-37(48)33(47)32(46)31(45)25(40)23-39/h25-26,31-40,45-48H,5-24H2,1-4H3/t25-,26-,31+,32+,33-,34-,35+,36+,37?,38+/m1/s1. The van der Waals surface area contributed by atoms with Crippen LogP contribution in [0.2, 0.25) is 0 Å². The number of aliphatic hydroxyl groups is 6. The van der Waals surface area contributed by atoms with Crippen molar-refractivity contribution in [3.05, 3.63) is 0 Å². The van der Waals surface area contributed by atoms with E-state index in [0.717, 1.165) is 57.8 Å². The fraction of sp³-hybridized carbons (Fsp3) is 0.895. The number of carbonyl (C=O) groups is 4. The normalized spacial score (nSPS) is 22.7. The van der Waals surface area contributed by atoms with Crippen LogP contribution in [0.25, 0.3) is 0 Å². The Morgan fingerprint density at radius 2 is 0.963 bits per heavy atom. The molecule has 0 aliphatic carbocycles. The summed E-state index contributed by atoms with van der Waals surface area (Å²) in [6.07, 6.45) is -8.86. The molecule has 1 heterocycles. The average molecular weight is 781 g/mol. The molecule has 0 radical (unpaired) electrons. The molecule has 1 fully saturated rings. The minimum absolute atomic E-state index is 0.00200. The van der Waals surface area contributed by atoms with Gasteiger partial charge in [0.2, 0.25) is 6.29 Å². The third-order valence-electron chi connectivity index (χ3n) is 9.09. The van der Waals surface area contributed by atoms with E-state index in [4.69, 9.17) is 28.4 Å². The van der Waals surface area contributed by atoms with Crippen molar-refractivity contribution >= 4 is 23.9 Å². The molecule has 54 heavy (non-hydrogen) atoms. The van der Waals surface area contributed by atoms with E-state index >= 15 is 0 Å². The Bertz CT molecular complexity index is 1040. The molecule has 0 spiro atoms. The van der Waals surface area contributed by atoms with Crippen molar-refractivity contribution in [3.8, 4) is 0 Å². The molecule has 316 valence electrons. The summed E-state index contributed by atoms with van der Waals surface area (Å²) in [4.78, 5) is 52.4. The van der Waals surface area contributed by atoms with Crippen LogP contribution in [0.15, 0.2) is 0 Å². The number of esters is 4. The fourth-order valence-corrected chi connectivity index (χ4v) is 5.76. The fourth-order valence-electron chi connectivity index (χ4n) is 5.76. The second-order valence-corrected chi connectivity index (χ2v) is 13.9.